The van der Waals surface area contributed by atoms with Gasteiger partial charge in [-0.25, -0.2) is 4.79 Å². The minimum absolute atomic E-state index is 0.0340. The van der Waals surface area contributed by atoms with Crippen molar-refractivity contribution in [2.75, 3.05) is 19.0 Å². The zero-order valence-corrected chi connectivity index (χ0v) is 9.06. The monoisotopic (exact) mass is 227 g/mol. The molecule has 0 fully saturated rings. The number of carboxylic acids is 1. The van der Waals surface area contributed by atoms with Crippen LogP contribution in [0.5, 0.6) is 0 Å². The molecular formula is C9H13N3O4. The van der Waals surface area contributed by atoms with E-state index in [-0.39, 0.29) is 30.3 Å². The first-order chi connectivity index (χ1) is 7.54. The molecule has 1 aromatic rings. The molecule has 0 saturated heterocycles. The highest BCUT2D eigenvalue weighted by atomic mass is 16.5. The third kappa shape index (κ3) is 3.06. The van der Waals surface area contributed by atoms with Crippen LogP contribution in [-0.4, -0.2) is 40.5 Å². The predicted octanol–water partition coefficient (Wildman–Crippen LogP) is 0.0933. The molecule has 7 heteroatoms. The highest BCUT2D eigenvalue weighted by molar-refractivity contribution is 5.99. The Morgan fingerprint density at radius 1 is 1.62 bits per heavy atom. The Kier molecular flexibility index (Phi) is 4.01. The van der Waals surface area contributed by atoms with Crippen molar-refractivity contribution in [1.82, 2.24) is 9.78 Å². The van der Waals surface area contributed by atoms with Crippen molar-refractivity contribution in [2.45, 2.75) is 6.42 Å². The van der Waals surface area contributed by atoms with Gasteiger partial charge in [0.25, 0.3) is 0 Å². The predicted molar refractivity (Wildman–Crippen MR) is 55.3 cm³/mol. The quantitative estimate of drug-likeness (QED) is 0.743. The van der Waals surface area contributed by atoms with Gasteiger partial charge in [-0.15, -0.1) is 0 Å². The summed E-state index contributed by atoms with van der Waals surface area (Å²) in [5, 5.41) is 15.1. The standard InChI is InChI=1S/C9H13N3O4/c1-12-5-6(9(14)15)8(11-12)10-7(13)3-4-16-2/h5H,3-4H2,1-2H3,(H,14,15)(H,10,11,13). The lowest BCUT2D eigenvalue weighted by Crippen LogP contribution is -2.16. The molecule has 0 aliphatic rings. The number of carboxylic acid groups (broad SMARTS) is 1. The maximum Gasteiger partial charge on any atom is 0.341 e. The van der Waals surface area contributed by atoms with Crippen LogP contribution in [0.1, 0.15) is 16.8 Å². The Balaban J connectivity index is 2.72. The van der Waals surface area contributed by atoms with Crippen LogP contribution < -0.4 is 5.32 Å². The van der Waals surface area contributed by atoms with Crippen LogP contribution in [-0.2, 0) is 16.6 Å². The van der Waals surface area contributed by atoms with Gasteiger partial charge in [-0.1, -0.05) is 0 Å². The zero-order valence-electron chi connectivity index (χ0n) is 9.06. The molecule has 0 saturated carbocycles. The second-order valence-electron chi connectivity index (χ2n) is 3.16. The van der Waals surface area contributed by atoms with Crippen molar-refractivity contribution in [3.8, 4) is 0 Å². The van der Waals surface area contributed by atoms with Gasteiger partial charge in [0.05, 0.1) is 13.0 Å². The van der Waals surface area contributed by atoms with Gasteiger partial charge in [0, 0.05) is 20.4 Å². The summed E-state index contributed by atoms with van der Waals surface area (Å²) < 4.78 is 6.06. The number of aryl methyl sites for hydroxylation is 1. The summed E-state index contributed by atoms with van der Waals surface area (Å²) in [6.45, 7) is 0.279. The minimum atomic E-state index is -1.13. The molecule has 0 aromatic carbocycles. The minimum Gasteiger partial charge on any atom is -0.477 e. The number of rotatable bonds is 5. The largest absolute Gasteiger partial charge is 0.477 e. The number of anilines is 1. The van der Waals surface area contributed by atoms with Crippen LogP contribution in [0.2, 0.25) is 0 Å². The number of aromatic nitrogens is 2. The lowest BCUT2D eigenvalue weighted by molar-refractivity contribution is -0.117. The number of nitrogens with zero attached hydrogens (tertiary/aromatic N) is 2. The molecule has 0 atom stereocenters. The fourth-order valence-electron chi connectivity index (χ4n) is 1.13. The Bertz CT molecular complexity index is 399. The van der Waals surface area contributed by atoms with Gasteiger partial charge in [-0.05, 0) is 0 Å². The van der Waals surface area contributed by atoms with Gasteiger partial charge in [0.1, 0.15) is 5.56 Å². The molecule has 0 bridgehead atoms. The van der Waals surface area contributed by atoms with E-state index >= 15 is 0 Å². The van der Waals surface area contributed by atoms with Crippen molar-refractivity contribution in [2.24, 2.45) is 7.05 Å². The summed E-state index contributed by atoms with van der Waals surface area (Å²) in [5.41, 5.74) is -0.0340. The number of hydrogen-bond donors (Lipinski definition) is 2. The molecule has 1 heterocycles. The molecule has 7 nitrogen and oxygen atoms in total. The van der Waals surface area contributed by atoms with E-state index in [1.807, 2.05) is 0 Å². The Labute approximate surface area is 92.0 Å². The molecule has 88 valence electrons. The molecule has 16 heavy (non-hydrogen) atoms. The number of aromatic carboxylic acids is 1. The molecule has 1 aromatic heterocycles. The van der Waals surface area contributed by atoms with E-state index < -0.39 is 5.97 Å². The second kappa shape index (κ2) is 5.26. The first-order valence-electron chi connectivity index (χ1n) is 4.60. The van der Waals surface area contributed by atoms with Crippen molar-refractivity contribution in [1.29, 1.82) is 0 Å². The summed E-state index contributed by atoms with van der Waals surface area (Å²) in [6.07, 6.45) is 1.49. The lowest BCUT2D eigenvalue weighted by Gasteiger charge is -2.02. The first-order valence-corrected chi connectivity index (χ1v) is 4.60. The van der Waals surface area contributed by atoms with Crippen LogP contribution in [0, 0.1) is 0 Å². The highest BCUT2D eigenvalue weighted by Gasteiger charge is 2.16. The number of ether oxygens (including phenoxy) is 1. The van der Waals surface area contributed by atoms with E-state index in [2.05, 4.69) is 10.4 Å². The summed E-state index contributed by atoms with van der Waals surface area (Å²) in [5.74, 6) is -1.41. The van der Waals surface area contributed by atoms with Gasteiger partial charge in [0.2, 0.25) is 5.91 Å². The Hall–Kier alpha value is -1.89. The van der Waals surface area contributed by atoms with E-state index in [9.17, 15) is 9.59 Å². The fraction of sp³-hybridized carbons (Fsp3) is 0.444. The SMILES string of the molecule is COCCC(=O)Nc1nn(C)cc1C(=O)O. The van der Waals surface area contributed by atoms with Crippen LogP contribution in [0.15, 0.2) is 6.20 Å². The van der Waals surface area contributed by atoms with E-state index in [4.69, 9.17) is 9.84 Å². The highest BCUT2D eigenvalue weighted by Crippen LogP contribution is 2.12. The van der Waals surface area contributed by atoms with Gasteiger partial charge >= 0.3 is 5.97 Å². The third-order valence-electron chi connectivity index (χ3n) is 1.85. The summed E-state index contributed by atoms with van der Waals surface area (Å²) >= 11 is 0. The number of nitrogens with one attached hydrogen (secondary N) is 1. The molecular weight excluding hydrogens is 214 g/mol. The Morgan fingerprint density at radius 2 is 2.31 bits per heavy atom. The molecule has 2 N–H and O–H groups in total. The number of amides is 1. The van der Waals surface area contributed by atoms with Crippen LogP contribution in [0.4, 0.5) is 5.82 Å². The van der Waals surface area contributed by atoms with E-state index in [1.165, 1.54) is 18.0 Å². The molecule has 0 aliphatic carbocycles. The van der Waals surface area contributed by atoms with Crippen molar-refractivity contribution in [3.63, 3.8) is 0 Å². The van der Waals surface area contributed by atoms with Crippen molar-refractivity contribution < 1.29 is 19.4 Å². The van der Waals surface area contributed by atoms with E-state index in [0.717, 1.165) is 0 Å². The number of carbonyl (C=O) groups is 2. The molecule has 1 amide bonds. The molecule has 1 rings (SSSR count). The normalized spacial score (nSPS) is 10.1. The fourth-order valence-corrected chi connectivity index (χ4v) is 1.13. The van der Waals surface area contributed by atoms with Crippen molar-refractivity contribution in [3.05, 3.63) is 11.8 Å². The maximum absolute atomic E-state index is 11.3. The lowest BCUT2D eigenvalue weighted by atomic mass is 10.3. The molecule has 0 spiro atoms. The summed E-state index contributed by atoms with van der Waals surface area (Å²) in [6, 6.07) is 0. The van der Waals surface area contributed by atoms with E-state index in [0.29, 0.717) is 0 Å². The third-order valence-corrected chi connectivity index (χ3v) is 1.85. The van der Waals surface area contributed by atoms with Crippen LogP contribution in [0.25, 0.3) is 0 Å². The number of methoxy groups -OCH3 is 1. The van der Waals surface area contributed by atoms with Crippen molar-refractivity contribution >= 4 is 17.7 Å². The second-order valence-corrected chi connectivity index (χ2v) is 3.16. The molecule has 0 aliphatic heterocycles. The van der Waals surface area contributed by atoms with Gasteiger partial charge in [-0.2, -0.15) is 5.10 Å². The molecule has 0 unspecified atom stereocenters. The first kappa shape index (κ1) is 12.2. The maximum atomic E-state index is 11.3. The zero-order chi connectivity index (χ0) is 12.1. The summed E-state index contributed by atoms with van der Waals surface area (Å²) in [7, 11) is 3.06. The van der Waals surface area contributed by atoms with E-state index in [1.54, 1.807) is 7.05 Å². The van der Waals surface area contributed by atoms with Gasteiger partial charge < -0.3 is 15.2 Å². The summed E-state index contributed by atoms with van der Waals surface area (Å²) in [4.78, 5) is 22.1. The van der Waals surface area contributed by atoms with Gasteiger partial charge in [0.15, 0.2) is 5.82 Å². The molecule has 0 radical (unpaired) electrons. The smallest absolute Gasteiger partial charge is 0.341 e. The Morgan fingerprint density at radius 3 is 2.88 bits per heavy atom. The van der Waals surface area contributed by atoms with Crippen LogP contribution in [0.3, 0.4) is 0 Å². The topological polar surface area (TPSA) is 93.5 Å². The van der Waals surface area contributed by atoms with Crippen LogP contribution >= 0.6 is 0 Å². The number of hydrogen-bond acceptors (Lipinski definition) is 4. The number of carbonyl (C=O) groups excluding carboxylic acids is 1. The van der Waals surface area contributed by atoms with Gasteiger partial charge in [-0.3, -0.25) is 9.48 Å². The average Bonchev–Trinajstić information content (AvgIpc) is 2.56. The average molecular weight is 227 g/mol.